The molecule has 9 aromatic heterocycles. The Balaban J connectivity index is 0.000000213. The van der Waals surface area contributed by atoms with E-state index < -0.39 is 23.5 Å². The Morgan fingerprint density at radius 3 is 1.65 bits per heavy atom. The number of H-pyrrole nitrogens is 1. The highest BCUT2D eigenvalue weighted by Crippen LogP contribution is 2.33. The third kappa shape index (κ3) is 16.1. The molecule has 11 rings (SSSR count). The van der Waals surface area contributed by atoms with Crippen molar-refractivity contribution >= 4 is 150 Å². The quantitative estimate of drug-likeness (QED) is 0.0340. The molecule has 0 atom stereocenters. The number of nitrogens with two attached hydrogens (primary N) is 3. The Morgan fingerprint density at radius 1 is 0.637 bits per heavy atom. The fraction of sp³-hybridized carbons (Fsp3) is 0.217. The van der Waals surface area contributed by atoms with Gasteiger partial charge in [0, 0.05) is 86.0 Å². The zero-order valence-corrected chi connectivity index (χ0v) is 46.7. The molecule has 0 amide bonds. The highest BCUT2D eigenvalue weighted by Gasteiger charge is 2.31. The third-order valence-corrected chi connectivity index (χ3v) is 13.1. The van der Waals surface area contributed by atoms with Crippen molar-refractivity contribution in [1.82, 2.24) is 78.5 Å². The van der Waals surface area contributed by atoms with E-state index in [-0.39, 0.29) is 48.6 Å². The van der Waals surface area contributed by atoms with Gasteiger partial charge >= 0.3 is 12.4 Å². The van der Waals surface area contributed by atoms with Gasteiger partial charge in [0.25, 0.3) is 0 Å². The van der Waals surface area contributed by atoms with Crippen molar-refractivity contribution in [3.63, 3.8) is 0 Å². The van der Waals surface area contributed by atoms with Gasteiger partial charge in [-0.3, -0.25) is 18.5 Å². The average molecular weight is 1230 g/mol. The zero-order chi connectivity index (χ0) is 54.7. The number of thiocarbonyl (C=S) groups is 1. The van der Waals surface area contributed by atoms with Crippen LogP contribution in [-0.2, 0) is 38.3 Å². The van der Waals surface area contributed by atoms with Crippen LogP contribution in [0.15, 0.2) is 111 Å². The number of aromatic nitrogens is 16. The standard InChI is InChI=1S/C20H18F3N9S.C12H15N7S.C7H7F3N2.C7H6N4S.3ClH/c1-2-32-16-15(9-28-32)26-10-27-17(16)24-6-5-12-8-25-19(33-12)31-18-29-13-4-3-11(20(21,22)23)7-14(13)30-18;1-2-19-10-9(6-18-19)16-7-17-11(10)14-4-3-8-5-15-12(13)20-8;8-7(9,10)4-1-2-5(11)6(12)3-4;12-7(10-3-1-8-5-10)11-4-2-9-6-11;;;/h3-4,7-10H,2,5-6H2,1H3,(H,24,26,27)(H2,25,29,30,31);5-7H,2-4H2,1H3,(H2,13,15)(H,14,16,17);1-3H,11-12H2;1-6H;3*1H. The molecule has 80 heavy (non-hydrogen) atoms. The lowest BCUT2D eigenvalue weighted by Gasteiger charge is -2.07. The number of hydrogen-bond acceptors (Lipinski definition) is 20. The van der Waals surface area contributed by atoms with Crippen LogP contribution >= 0.6 is 72.1 Å². The van der Waals surface area contributed by atoms with Gasteiger partial charge in [-0.15, -0.1) is 59.9 Å². The molecule has 0 saturated carbocycles. The number of aryl methyl sites for hydroxylation is 2. The highest BCUT2D eigenvalue weighted by molar-refractivity contribution is 7.80. The van der Waals surface area contributed by atoms with Crippen molar-refractivity contribution in [2.75, 3.05) is 46.2 Å². The summed E-state index contributed by atoms with van der Waals surface area (Å²) in [6, 6.07) is 6.24. The monoisotopic (exact) mass is 1220 g/mol. The topological polar surface area (TPSA) is 291 Å². The largest absolute Gasteiger partial charge is 0.416 e. The molecule has 34 heteroatoms. The van der Waals surface area contributed by atoms with E-state index in [2.05, 4.69) is 76.0 Å². The van der Waals surface area contributed by atoms with Crippen molar-refractivity contribution < 1.29 is 26.3 Å². The van der Waals surface area contributed by atoms with Crippen LogP contribution < -0.4 is 33.2 Å². The van der Waals surface area contributed by atoms with E-state index in [1.54, 1.807) is 71.5 Å². The average Bonchev–Trinajstić information content (AvgIpc) is 4.34. The van der Waals surface area contributed by atoms with Crippen molar-refractivity contribution in [3.8, 4) is 0 Å². The van der Waals surface area contributed by atoms with E-state index in [9.17, 15) is 26.3 Å². The van der Waals surface area contributed by atoms with Crippen LogP contribution in [0.25, 0.3) is 33.1 Å². The first kappa shape index (κ1) is 62.9. The summed E-state index contributed by atoms with van der Waals surface area (Å²) in [6.45, 7) is 6.96. The molecular weight excluding hydrogens is 1180 g/mol. The number of benzene rings is 2. The second kappa shape index (κ2) is 28.3. The van der Waals surface area contributed by atoms with Crippen molar-refractivity contribution in [2.24, 2.45) is 0 Å². The summed E-state index contributed by atoms with van der Waals surface area (Å²) < 4.78 is 82.0. The molecule has 0 unspecified atom stereocenters. The first-order chi connectivity index (χ1) is 37.0. The number of halogens is 9. The summed E-state index contributed by atoms with van der Waals surface area (Å²) in [5.74, 6) is 1.87. The molecule has 0 aliphatic rings. The molecular formula is C46H49Cl3F6N22S3. The fourth-order valence-electron chi connectivity index (χ4n) is 7.09. The Labute approximate surface area is 482 Å². The normalized spacial score (nSPS) is 10.9. The number of nitrogens with zero attached hydrogens (tertiary/aromatic N) is 15. The third-order valence-electron chi connectivity index (χ3n) is 10.8. The molecule has 0 spiro atoms. The van der Waals surface area contributed by atoms with Crippen molar-refractivity contribution in [3.05, 3.63) is 132 Å². The SMILES string of the molecule is CCn1ncc2ncnc(NCCc3cnc(N)s3)c21.CCn1ncc2ncnc(NCCc3cnc(Nc4nc5ccc(C(F)(F)F)cc5[nH]4)s3)c21.Cl.Cl.Cl.Nc1ccc(C(F)(F)F)cc1N.S=C(n1ccnc1)n1ccnc1. The lowest BCUT2D eigenvalue weighted by atomic mass is 10.2. The van der Waals surface area contributed by atoms with Crippen molar-refractivity contribution in [1.29, 1.82) is 0 Å². The Kier molecular flexibility index (Phi) is 22.2. The Hall–Kier alpha value is -7.97. The van der Waals surface area contributed by atoms with Crippen LogP contribution in [0.2, 0.25) is 0 Å². The van der Waals surface area contributed by atoms with Gasteiger partial charge in [0.15, 0.2) is 27.0 Å². The number of imidazole rings is 3. The number of aromatic amines is 1. The predicted octanol–water partition coefficient (Wildman–Crippen LogP) is 10.0. The molecule has 2 aromatic carbocycles. The Morgan fingerprint density at radius 2 is 1.16 bits per heavy atom. The number of nitrogens with one attached hydrogen (secondary N) is 4. The number of rotatable bonds is 12. The number of thiazole rings is 2. The molecule has 0 radical (unpaired) electrons. The lowest BCUT2D eigenvalue weighted by Crippen LogP contribution is -2.15. The summed E-state index contributed by atoms with van der Waals surface area (Å²) in [5.41, 5.74) is 18.8. The smallest absolute Gasteiger partial charge is 0.397 e. The Bertz CT molecular complexity index is 3660. The van der Waals surface area contributed by atoms with Crippen LogP contribution in [-0.4, -0.2) is 96.7 Å². The number of alkyl halides is 6. The van der Waals surface area contributed by atoms with Crippen molar-refractivity contribution in [2.45, 2.75) is 52.1 Å². The predicted molar refractivity (Wildman–Crippen MR) is 309 cm³/mol. The minimum absolute atomic E-state index is 0. The first-order valence-corrected chi connectivity index (χ1v) is 25.0. The number of fused-ring (bicyclic) bond motifs is 3. The minimum atomic E-state index is -4.40. The van der Waals surface area contributed by atoms with E-state index in [1.165, 1.54) is 35.1 Å². The van der Waals surface area contributed by atoms with Crippen LogP contribution in [0.3, 0.4) is 0 Å². The van der Waals surface area contributed by atoms with Gasteiger partial charge in [-0.25, -0.2) is 44.9 Å². The van der Waals surface area contributed by atoms with E-state index in [4.69, 9.17) is 29.4 Å². The maximum atomic E-state index is 12.9. The molecule has 9 heterocycles. The fourth-order valence-corrected chi connectivity index (χ4v) is 8.80. The molecule has 0 saturated heterocycles. The van der Waals surface area contributed by atoms with Crippen LogP contribution in [0, 0.1) is 0 Å². The molecule has 0 aliphatic carbocycles. The molecule has 11 aromatic rings. The molecule has 424 valence electrons. The summed E-state index contributed by atoms with van der Waals surface area (Å²) in [6.07, 6.45) is 13.2. The summed E-state index contributed by atoms with van der Waals surface area (Å²) in [7, 11) is 0. The maximum absolute atomic E-state index is 12.9. The molecule has 0 aliphatic heterocycles. The molecule has 10 N–H and O–H groups in total. The van der Waals surface area contributed by atoms with E-state index in [0.29, 0.717) is 51.9 Å². The molecule has 0 fully saturated rings. The van der Waals surface area contributed by atoms with E-state index >= 15 is 0 Å². The first-order valence-electron chi connectivity index (χ1n) is 23.0. The summed E-state index contributed by atoms with van der Waals surface area (Å²) in [5, 5.41) is 20.1. The van der Waals surface area contributed by atoms with Crippen LogP contribution in [0.4, 0.5) is 65.6 Å². The van der Waals surface area contributed by atoms with Gasteiger partial charge in [-0.2, -0.15) is 36.5 Å². The zero-order valence-electron chi connectivity index (χ0n) is 41.8. The summed E-state index contributed by atoms with van der Waals surface area (Å²) >= 11 is 8.09. The number of hydrogen-bond donors (Lipinski definition) is 7. The number of anilines is 7. The van der Waals surface area contributed by atoms with E-state index in [0.717, 1.165) is 93.3 Å². The van der Waals surface area contributed by atoms with Crippen LogP contribution in [0.1, 0.15) is 34.7 Å². The van der Waals surface area contributed by atoms with Gasteiger partial charge in [0.05, 0.1) is 45.9 Å². The lowest BCUT2D eigenvalue weighted by molar-refractivity contribution is -0.138. The molecule has 22 nitrogen and oxygen atoms in total. The van der Waals surface area contributed by atoms with Gasteiger partial charge in [0.2, 0.25) is 5.95 Å². The summed E-state index contributed by atoms with van der Waals surface area (Å²) in [4.78, 5) is 42.6. The second-order valence-electron chi connectivity index (χ2n) is 16.0. The maximum Gasteiger partial charge on any atom is 0.416 e. The number of nitrogen functional groups attached to an aromatic ring is 3. The molecule has 0 bridgehead atoms. The van der Waals surface area contributed by atoms with Crippen LogP contribution in [0.5, 0.6) is 0 Å². The highest BCUT2D eigenvalue weighted by atomic mass is 35.5. The minimum Gasteiger partial charge on any atom is -0.397 e. The van der Waals surface area contributed by atoms with Gasteiger partial charge in [-0.1, -0.05) is 0 Å². The van der Waals surface area contributed by atoms with E-state index in [1.807, 2.05) is 29.4 Å². The second-order valence-corrected chi connectivity index (χ2v) is 18.6. The van der Waals surface area contributed by atoms with Gasteiger partial charge in [0.1, 0.15) is 47.4 Å². The van der Waals surface area contributed by atoms with Gasteiger partial charge in [-0.05, 0) is 62.5 Å². The van der Waals surface area contributed by atoms with Gasteiger partial charge < -0.3 is 38.1 Å².